The molecule has 0 aliphatic carbocycles. The molecule has 0 aliphatic rings. The minimum Gasteiger partial charge on any atom is -0.307 e. The van der Waals surface area contributed by atoms with Crippen molar-refractivity contribution in [1.29, 1.82) is 0 Å². The topological polar surface area (TPSA) is 65.1 Å². The molecule has 1 heterocycles. The Bertz CT molecular complexity index is 456. The molecule has 0 N–H and O–H groups in total. The number of aryl methyl sites for hydroxylation is 1. The van der Waals surface area contributed by atoms with Gasteiger partial charge in [0.15, 0.2) is 0 Å². The van der Waals surface area contributed by atoms with Crippen LogP contribution in [0.5, 0.6) is 0 Å². The molecule has 0 unspecified atom stereocenters. The lowest BCUT2D eigenvalue weighted by Gasteiger charge is -2.06. The van der Waals surface area contributed by atoms with Crippen LogP contribution in [0.25, 0.3) is 0 Å². The van der Waals surface area contributed by atoms with Gasteiger partial charge in [0.2, 0.25) is 0 Å². The molecule has 0 aliphatic heterocycles. The second kappa shape index (κ2) is 4.89. The smallest absolute Gasteiger partial charge is 0.289 e. The summed E-state index contributed by atoms with van der Waals surface area (Å²) in [6.07, 6.45) is 1.27. The number of alkyl halides is 1. The van der Waals surface area contributed by atoms with Gasteiger partial charge in [0.25, 0.3) is 11.2 Å². The average Bonchev–Trinajstić information content (AvgIpc) is 2.18. The average molecular weight is 340 g/mol. The van der Waals surface area contributed by atoms with E-state index in [1.807, 2.05) is 0 Å². The van der Waals surface area contributed by atoms with Crippen LogP contribution in [0, 0.1) is 17.0 Å². The normalized spacial score (nSPS) is 10.3. The van der Waals surface area contributed by atoms with Gasteiger partial charge in [-0.3, -0.25) is 14.9 Å². The van der Waals surface area contributed by atoms with Gasteiger partial charge in [-0.05, 0) is 22.9 Å². The number of halogens is 2. The Balaban J connectivity index is 3.45. The van der Waals surface area contributed by atoms with Crippen molar-refractivity contribution in [3.8, 4) is 0 Å². The van der Waals surface area contributed by atoms with Gasteiger partial charge in [-0.15, -0.1) is 0 Å². The van der Waals surface area contributed by atoms with Gasteiger partial charge in [-0.25, -0.2) is 0 Å². The van der Waals surface area contributed by atoms with Crippen LogP contribution in [0.3, 0.4) is 0 Å². The Hall–Kier alpha value is -0.690. The molecule has 0 bridgehead atoms. The lowest BCUT2D eigenvalue weighted by Crippen LogP contribution is -2.22. The minimum absolute atomic E-state index is 0.0533. The maximum absolute atomic E-state index is 11.6. The highest BCUT2D eigenvalue weighted by Gasteiger charge is 2.17. The quantitative estimate of drug-likeness (QED) is 0.482. The van der Waals surface area contributed by atoms with Crippen molar-refractivity contribution in [2.24, 2.45) is 0 Å². The van der Waals surface area contributed by atoms with E-state index < -0.39 is 4.92 Å². The van der Waals surface area contributed by atoms with E-state index in [9.17, 15) is 14.9 Å². The zero-order valence-corrected chi connectivity index (χ0v) is 11.0. The number of hydrogen-bond acceptors (Lipinski definition) is 3. The van der Waals surface area contributed by atoms with E-state index in [-0.39, 0.29) is 15.7 Å². The molecule has 0 fully saturated rings. The molecule has 5 nitrogen and oxygen atoms in total. The summed E-state index contributed by atoms with van der Waals surface area (Å²) in [7, 11) is 0. The van der Waals surface area contributed by atoms with Gasteiger partial charge in [0.1, 0.15) is 0 Å². The summed E-state index contributed by atoms with van der Waals surface area (Å²) >= 11 is 6.25. The summed E-state index contributed by atoms with van der Waals surface area (Å²) in [4.78, 5) is 21.8. The highest BCUT2D eigenvalue weighted by molar-refractivity contribution is 9.10. The van der Waals surface area contributed by atoms with Crippen LogP contribution in [-0.4, -0.2) is 14.8 Å². The first-order valence-corrected chi connectivity index (χ1v) is 6.00. The zero-order valence-electron chi connectivity index (χ0n) is 7.87. The van der Waals surface area contributed by atoms with E-state index in [1.165, 1.54) is 10.8 Å². The molecule has 0 atom stereocenters. The molecular weight excluding hydrogens is 332 g/mol. The van der Waals surface area contributed by atoms with Crippen LogP contribution in [0.4, 0.5) is 5.69 Å². The number of hydrogen-bond donors (Lipinski definition) is 0. The molecule has 0 amide bonds. The molecule has 0 radical (unpaired) electrons. The van der Waals surface area contributed by atoms with E-state index in [0.717, 1.165) is 0 Å². The van der Waals surface area contributed by atoms with Crippen LogP contribution in [0.1, 0.15) is 5.56 Å². The van der Waals surface area contributed by atoms with Crippen LogP contribution in [0.15, 0.2) is 15.5 Å². The van der Waals surface area contributed by atoms with Crippen LogP contribution in [-0.2, 0) is 6.54 Å². The fourth-order valence-corrected chi connectivity index (χ4v) is 1.96. The summed E-state index contributed by atoms with van der Waals surface area (Å²) in [6, 6.07) is 0. The van der Waals surface area contributed by atoms with E-state index in [4.69, 9.17) is 0 Å². The summed E-state index contributed by atoms with van der Waals surface area (Å²) in [5.41, 5.74) is 0.0517. The molecule has 1 aromatic heterocycles. The van der Waals surface area contributed by atoms with Crippen molar-refractivity contribution >= 4 is 37.5 Å². The van der Waals surface area contributed by atoms with Crippen molar-refractivity contribution in [2.75, 3.05) is 5.33 Å². The molecule has 1 aromatic rings. The third-order valence-corrected chi connectivity index (χ3v) is 3.25. The Labute approximate surface area is 103 Å². The molecule has 0 spiro atoms. The fraction of sp³-hybridized carbons (Fsp3) is 0.375. The monoisotopic (exact) mass is 338 g/mol. The molecule has 82 valence electrons. The molecular formula is C8H8Br2N2O3. The summed E-state index contributed by atoms with van der Waals surface area (Å²) < 4.78 is 1.56. The predicted octanol–water partition coefficient (Wildman–Crippen LogP) is 2.22. The second-order valence-electron chi connectivity index (χ2n) is 2.90. The number of rotatable bonds is 3. The van der Waals surface area contributed by atoms with E-state index in [0.29, 0.717) is 17.4 Å². The summed E-state index contributed by atoms with van der Waals surface area (Å²) in [5.74, 6) is 0. The first-order valence-electron chi connectivity index (χ1n) is 4.09. The fourth-order valence-electron chi connectivity index (χ4n) is 1.14. The molecule has 0 saturated heterocycles. The van der Waals surface area contributed by atoms with Crippen molar-refractivity contribution in [2.45, 2.75) is 13.5 Å². The maximum Gasteiger partial charge on any atom is 0.289 e. The second-order valence-corrected chi connectivity index (χ2v) is 4.48. The molecule has 0 aromatic carbocycles. The third kappa shape index (κ3) is 2.46. The van der Waals surface area contributed by atoms with Gasteiger partial charge in [0.05, 0.1) is 15.6 Å². The largest absolute Gasteiger partial charge is 0.307 e. The standard InChI is InChI=1S/C8H8Br2N2O3/c1-5-6(12(14)15)4-11(3-2-9)8(13)7(5)10/h4H,2-3H2,1H3. The third-order valence-electron chi connectivity index (χ3n) is 1.96. The van der Waals surface area contributed by atoms with Crippen LogP contribution < -0.4 is 5.56 Å². The number of pyridine rings is 1. The van der Waals surface area contributed by atoms with E-state index in [1.54, 1.807) is 6.92 Å². The SMILES string of the molecule is Cc1c([N+](=O)[O-])cn(CCBr)c(=O)c1Br. The Morgan fingerprint density at radius 3 is 2.67 bits per heavy atom. The number of aromatic nitrogens is 1. The van der Waals surface area contributed by atoms with Gasteiger partial charge in [-0.1, -0.05) is 15.9 Å². The van der Waals surface area contributed by atoms with Crippen molar-refractivity contribution in [3.05, 3.63) is 36.7 Å². The lowest BCUT2D eigenvalue weighted by atomic mass is 10.2. The van der Waals surface area contributed by atoms with Gasteiger partial charge in [0, 0.05) is 17.4 Å². The maximum atomic E-state index is 11.6. The Morgan fingerprint density at radius 1 is 1.60 bits per heavy atom. The van der Waals surface area contributed by atoms with Gasteiger partial charge in [-0.2, -0.15) is 0 Å². The van der Waals surface area contributed by atoms with E-state index >= 15 is 0 Å². The first kappa shape index (κ1) is 12.4. The van der Waals surface area contributed by atoms with Crippen LogP contribution in [0.2, 0.25) is 0 Å². The molecule has 15 heavy (non-hydrogen) atoms. The summed E-state index contributed by atoms with van der Waals surface area (Å²) in [6.45, 7) is 1.95. The number of nitrogens with zero attached hydrogens (tertiary/aromatic N) is 2. The Morgan fingerprint density at radius 2 is 2.20 bits per heavy atom. The van der Waals surface area contributed by atoms with Crippen molar-refractivity contribution < 1.29 is 4.92 Å². The van der Waals surface area contributed by atoms with Crippen LogP contribution >= 0.6 is 31.9 Å². The minimum atomic E-state index is -0.496. The highest BCUT2D eigenvalue weighted by atomic mass is 79.9. The predicted molar refractivity (Wildman–Crippen MR) is 63.6 cm³/mol. The number of nitro groups is 1. The molecule has 7 heteroatoms. The Kier molecular flexibility index (Phi) is 4.04. The van der Waals surface area contributed by atoms with Gasteiger partial charge >= 0.3 is 0 Å². The van der Waals surface area contributed by atoms with Crippen molar-refractivity contribution in [1.82, 2.24) is 4.57 Å². The lowest BCUT2D eigenvalue weighted by molar-refractivity contribution is -0.386. The van der Waals surface area contributed by atoms with Gasteiger partial charge < -0.3 is 4.57 Å². The highest BCUT2D eigenvalue weighted by Crippen LogP contribution is 2.22. The van der Waals surface area contributed by atoms with E-state index in [2.05, 4.69) is 31.9 Å². The summed E-state index contributed by atoms with van der Waals surface area (Å²) in [5, 5.41) is 11.3. The molecule has 0 saturated carbocycles. The zero-order chi connectivity index (χ0) is 11.6. The van der Waals surface area contributed by atoms with Crippen molar-refractivity contribution in [3.63, 3.8) is 0 Å². The molecule has 1 rings (SSSR count). The first-order chi connectivity index (χ1) is 6.99.